The van der Waals surface area contributed by atoms with Gasteiger partial charge in [0.1, 0.15) is 0 Å². The molecule has 2 saturated heterocycles. The first kappa shape index (κ1) is 18.3. The maximum absolute atomic E-state index is 13.1. The maximum atomic E-state index is 13.1. The van der Waals surface area contributed by atoms with Gasteiger partial charge in [0.2, 0.25) is 5.91 Å². The van der Waals surface area contributed by atoms with Gasteiger partial charge in [-0.1, -0.05) is 12.8 Å². The number of amides is 2. The lowest BCUT2D eigenvalue weighted by atomic mass is 9.95. The molecule has 5 nitrogen and oxygen atoms in total. The Bertz CT molecular complexity index is 681. The van der Waals surface area contributed by atoms with Gasteiger partial charge in [-0.2, -0.15) is 0 Å². The molecule has 5 heteroatoms. The topological polar surface area (TPSA) is 66.6 Å². The minimum atomic E-state index is -0.210. The van der Waals surface area contributed by atoms with Crippen LogP contribution in [-0.2, 0) is 4.79 Å². The van der Waals surface area contributed by atoms with Crippen LogP contribution in [0.4, 0.5) is 5.69 Å². The predicted octanol–water partition coefficient (Wildman–Crippen LogP) is 3.18. The van der Waals surface area contributed by atoms with Crippen LogP contribution >= 0.6 is 0 Å². The van der Waals surface area contributed by atoms with E-state index in [1.807, 2.05) is 24.3 Å². The number of hydrogen-bond donors (Lipinski definition) is 1. The Hall–Kier alpha value is -2.04. The second-order valence-corrected chi connectivity index (χ2v) is 8.49. The highest BCUT2D eigenvalue weighted by Gasteiger charge is 2.36. The summed E-state index contributed by atoms with van der Waals surface area (Å²) in [5.74, 6) is 0.606. The minimum absolute atomic E-state index is 0.0724. The summed E-state index contributed by atoms with van der Waals surface area (Å²) in [7, 11) is 0. The first-order valence-corrected chi connectivity index (χ1v) is 10.6. The Morgan fingerprint density at radius 2 is 1.59 bits per heavy atom. The second kappa shape index (κ2) is 7.91. The van der Waals surface area contributed by atoms with Crippen LogP contribution in [0.2, 0.25) is 0 Å². The molecule has 0 aromatic heterocycles. The van der Waals surface area contributed by atoms with Gasteiger partial charge in [0, 0.05) is 36.9 Å². The highest BCUT2D eigenvalue weighted by molar-refractivity contribution is 5.95. The molecule has 2 heterocycles. The van der Waals surface area contributed by atoms with E-state index in [0.29, 0.717) is 18.5 Å². The summed E-state index contributed by atoms with van der Waals surface area (Å²) in [5.41, 5.74) is 7.35. The highest BCUT2D eigenvalue weighted by Crippen LogP contribution is 2.36. The summed E-state index contributed by atoms with van der Waals surface area (Å²) in [4.78, 5) is 28.9. The summed E-state index contributed by atoms with van der Waals surface area (Å²) in [5, 5.41) is 0. The molecule has 3 aliphatic rings. The third-order valence-electron chi connectivity index (χ3n) is 6.81. The molecule has 2 atom stereocenters. The lowest BCUT2D eigenvalue weighted by molar-refractivity contribution is -0.122. The molecule has 1 aromatic rings. The summed E-state index contributed by atoms with van der Waals surface area (Å²) in [6.45, 7) is 2.51. The predicted molar refractivity (Wildman–Crippen MR) is 107 cm³/mol. The van der Waals surface area contributed by atoms with Crippen LogP contribution in [0.5, 0.6) is 0 Å². The number of likely N-dealkylation sites (tertiary alicyclic amines) is 1. The molecule has 1 aliphatic carbocycles. The van der Waals surface area contributed by atoms with E-state index in [1.165, 1.54) is 25.7 Å². The van der Waals surface area contributed by atoms with Gasteiger partial charge < -0.3 is 15.5 Å². The minimum Gasteiger partial charge on any atom is -0.371 e. The summed E-state index contributed by atoms with van der Waals surface area (Å²) in [6.07, 6.45) is 9.35. The normalized spacial score (nSPS) is 26.5. The largest absolute Gasteiger partial charge is 0.371 e. The maximum Gasteiger partial charge on any atom is 0.254 e. The molecule has 4 rings (SSSR count). The molecule has 0 bridgehead atoms. The van der Waals surface area contributed by atoms with Gasteiger partial charge >= 0.3 is 0 Å². The van der Waals surface area contributed by atoms with E-state index in [9.17, 15) is 9.59 Å². The number of hydrogen-bond acceptors (Lipinski definition) is 3. The van der Waals surface area contributed by atoms with E-state index >= 15 is 0 Å². The number of benzene rings is 1. The average Bonchev–Trinajstić information content (AvgIpc) is 3.39. The lowest BCUT2D eigenvalue weighted by Gasteiger charge is -2.33. The van der Waals surface area contributed by atoms with Gasteiger partial charge in [-0.05, 0) is 68.7 Å². The van der Waals surface area contributed by atoms with Crippen molar-refractivity contribution >= 4 is 17.5 Å². The molecule has 3 fully saturated rings. The van der Waals surface area contributed by atoms with Gasteiger partial charge in [0.15, 0.2) is 0 Å². The fraction of sp³-hybridized carbons (Fsp3) is 0.636. The number of nitrogens with two attached hydrogens (primary N) is 1. The summed E-state index contributed by atoms with van der Waals surface area (Å²) < 4.78 is 0. The molecular formula is C22H31N3O2. The number of anilines is 1. The Morgan fingerprint density at radius 3 is 2.30 bits per heavy atom. The van der Waals surface area contributed by atoms with Gasteiger partial charge in [0.25, 0.3) is 5.91 Å². The molecule has 2 amide bonds. The van der Waals surface area contributed by atoms with E-state index < -0.39 is 0 Å². The molecule has 1 aromatic carbocycles. The fourth-order valence-electron chi connectivity index (χ4n) is 5.30. The van der Waals surface area contributed by atoms with Crippen molar-refractivity contribution in [1.82, 2.24) is 4.90 Å². The van der Waals surface area contributed by atoms with Gasteiger partial charge in [-0.15, -0.1) is 0 Å². The van der Waals surface area contributed by atoms with Gasteiger partial charge in [-0.25, -0.2) is 0 Å². The third-order valence-corrected chi connectivity index (χ3v) is 6.81. The van der Waals surface area contributed by atoms with Crippen molar-refractivity contribution in [2.45, 2.75) is 57.4 Å². The monoisotopic (exact) mass is 369 g/mol. The number of nitrogens with zero attached hydrogens (tertiary/aromatic N) is 2. The van der Waals surface area contributed by atoms with E-state index in [0.717, 1.165) is 50.0 Å². The SMILES string of the molecule is NC(=O)C1CCCN(c2ccc(C(=O)N3CCCC3C3CCCC3)cc2)C1. The van der Waals surface area contributed by atoms with E-state index in [2.05, 4.69) is 9.80 Å². The number of piperidine rings is 1. The Labute approximate surface area is 161 Å². The molecule has 27 heavy (non-hydrogen) atoms. The molecule has 0 radical (unpaired) electrons. The van der Waals surface area contributed by atoms with Crippen molar-refractivity contribution in [2.24, 2.45) is 17.6 Å². The third kappa shape index (κ3) is 3.83. The Kier molecular flexibility index (Phi) is 5.37. The van der Waals surface area contributed by atoms with Crippen molar-refractivity contribution in [1.29, 1.82) is 0 Å². The van der Waals surface area contributed by atoms with Crippen molar-refractivity contribution < 1.29 is 9.59 Å². The zero-order chi connectivity index (χ0) is 18.8. The molecule has 146 valence electrons. The smallest absolute Gasteiger partial charge is 0.254 e. The van der Waals surface area contributed by atoms with Crippen molar-refractivity contribution in [2.75, 3.05) is 24.5 Å². The number of primary amides is 1. The Balaban J connectivity index is 1.44. The van der Waals surface area contributed by atoms with Crippen LogP contribution in [0.25, 0.3) is 0 Å². The molecule has 0 spiro atoms. The average molecular weight is 370 g/mol. The molecule has 2 aliphatic heterocycles. The van der Waals surface area contributed by atoms with Gasteiger partial charge in [-0.3, -0.25) is 9.59 Å². The highest BCUT2D eigenvalue weighted by atomic mass is 16.2. The van der Waals surface area contributed by atoms with E-state index in [1.54, 1.807) is 0 Å². The lowest BCUT2D eigenvalue weighted by Crippen LogP contribution is -2.41. The van der Waals surface area contributed by atoms with Crippen LogP contribution < -0.4 is 10.6 Å². The Morgan fingerprint density at radius 1 is 0.889 bits per heavy atom. The standard InChI is InChI=1S/C22H31N3O2/c23-21(26)18-7-3-13-24(15-18)19-11-9-17(10-12-19)22(27)25-14-4-8-20(25)16-5-1-2-6-16/h9-12,16,18,20H,1-8,13-15H2,(H2,23,26). The second-order valence-electron chi connectivity index (χ2n) is 8.49. The van der Waals surface area contributed by atoms with Crippen LogP contribution in [0, 0.1) is 11.8 Å². The molecular weight excluding hydrogens is 338 g/mol. The van der Waals surface area contributed by atoms with Crippen LogP contribution in [0.3, 0.4) is 0 Å². The number of carbonyl (C=O) groups excluding carboxylic acids is 2. The van der Waals surface area contributed by atoms with Crippen LogP contribution in [0.15, 0.2) is 24.3 Å². The van der Waals surface area contributed by atoms with Gasteiger partial charge in [0.05, 0.1) is 5.92 Å². The molecule has 2 N–H and O–H groups in total. The molecule has 1 saturated carbocycles. The van der Waals surface area contributed by atoms with Crippen LogP contribution in [-0.4, -0.2) is 42.4 Å². The van der Waals surface area contributed by atoms with Crippen LogP contribution in [0.1, 0.15) is 61.7 Å². The van der Waals surface area contributed by atoms with Crippen molar-refractivity contribution in [3.63, 3.8) is 0 Å². The molecule has 2 unspecified atom stereocenters. The number of carbonyl (C=O) groups is 2. The summed E-state index contributed by atoms with van der Waals surface area (Å²) in [6, 6.07) is 8.40. The number of rotatable bonds is 4. The zero-order valence-electron chi connectivity index (χ0n) is 16.1. The fourth-order valence-corrected chi connectivity index (χ4v) is 5.30. The quantitative estimate of drug-likeness (QED) is 0.886. The van der Waals surface area contributed by atoms with E-state index in [4.69, 9.17) is 5.73 Å². The van der Waals surface area contributed by atoms with E-state index in [-0.39, 0.29) is 17.7 Å². The summed E-state index contributed by atoms with van der Waals surface area (Å²) >= 11 is 0. The zero-order valence-corrected chi connectivity index (χ0v) is 16.1. The van der Waals surface area contributed by atoms with Crippen molar-refractivity contribution in [3.05, 3.63) is 29.8 Å². The first-order chi connectivity index (χ1) is 13.1. The first-order valence-electron chi connectivity index (χ1n) is 10.6. The van der Waals surface area contributed by atoms with Crippen molar-refractivity contribution in [3.8, 4) is 0 Å².